The van der Waals surface area contributed by atoms with Crippen LogP contribution < -0.4 is 11.1 Å². The van der Waals surface area contributed by atoms with Crippen LogP contribution in [-0.4, -0.2) is 13.1 Å². The second kappa shape index (κ2) is 5.73. The number of hydrogen-bond acceptors (Lipinski definition) is 2. The molecule has 13 heavy (non-hydrogen) atoms. The van der Waals surface area contributed by atoms with Crippen LogP contribution in [0, 0.1) is 6.04 Å². The third-order valence-corrected chi connectivity index (χ3v) is 1.88. The van der Waals surface area contributed by atoms with Gasteiger partial charge in [-0.3, -0.25) is 0 Å². The molecule has 0 aliphatic heterocycles. The van der Waals surface area contributed by atoms with E-state index in [1.807, 2.05) is 6.07 Å². The van der Waals surface area contributed by atoms with Crippen LogP contribution in [0.1, 0.15) is 12.5 Å². The summed E-state index contributed by atoms with van der Waals surface area (Å²) in [6.45, 7) is 3.65. The van der Waals surface area contributed by atoms with E-state index in [-0.39, 0.29) is 0 Å². The molecule has 1 radical (unpaired) electrons. The first kappa shape index (κ1) is 10.2. The van der Waals surface area contributed by atoms with Gasteiger partial charge in [0, 0.05) is 19.1 Å². The van der Waals surface area contributed by atoms with Gasteiger partial charge in [0.25, 0.3) is 0 Å². The van der Waals surface area contributed by atoms with E-state index in [2.05, 4.69) is 36.5 Å². The van der Waals surface area contributed by atoms with E-state index in [0.29, 0.717) is 6.54 Å². The van der Waals surface area contributed by atoms with Crippen molar-refractivity contribution in [2.75, 3.05) is 13.1 Å². The molecule has 0 saturated carbocycles. The Kier molecular flexibility index (Phi) is 4.50. The Hall–Kier alpha value is -0.860. The van der Waals surface area contributed by atoms with Crippen molar-refractivity contribution in [1.82, 2.24) is 5.32 Å². The van der Waals surface area contributed by atoms with Gasteiger partial charge in [-0.25, -0.2) is 0 Å². The lowest BCUT2D eigenvalue weighted by Gasteiger charge is -2.11. The molecule has 0 bridgehead atoms. The highest BCUT2D eigenvalue weighted by molar-refractivity contribution is 5.17. The van der Waals surface area contributed by atoms with Crippen molar-refractivity contribution >= 4 is 0 Å². The summed E-state index contributed by atoms with van der Waals surface area (Å²) in [4.78, 5) is 0. The summed E-state index contributed by atoms with van der Waals surface area (Å²) >= 11 is 0. The highest BCUT2D eigenvalue weighted by Crippen LogP contribution is 2.06. The highest BCUT2D eigenvalue weighted by Gasteiger charge is 2.01. The molecular formula is C11H17N2. The van der Waals surface area contributed by atoms with Crippen LogP contribution >= 0.6 is 0 Å². The van der Waals surface area contributed by atoms with Crippen LogP contribution in [0.15, 0.2) is 30.3 Å². The summed E-state index contributed by atoms with van der Waals surface area (Å²) in [5.74, 6) is 0. The lowest BCUT2D eigenvalue weighted by Crippen LogP contribution is -2.26. The van der Waals surface area contributed by atoms with Crippen LogP contribution in [0.3, 0.4) is 0 Å². The Bertz CT molecular complexity index is 221. The minimum absolute atomic E-state index is 0.687. The molecule has 0 unspecified atom stereocenters. The SMILES string of the molecule is C[C](Cc1ccccc1)NCCN. The first-order chi connectivity index (χ1) is 6.33. The van der Waals surface area contributed by atoms with Gasteiger partial charge >= 0.3 is 0 Å². The summed E-state index contributed by atoms with van der Waals surface area (Å²) < 4.78 is 0. The average molecular weight is 177 g/mol. The lowest BCUT2D eigenvalue weighted by molar-refractivity contribution is 0.677. The summed E-state index contributed by atoms with van der Waals surface area (Å²) in [6.07, 6.45) is 0.987. The molecule has 0 aromatic heterocycles. The number of hydrogen-bond donors (Lipinski definition) is 2. The van der Waals surface area contributed by atoms with Crippen molar-refractivity contribution in [3.8, 4) is 0 Å². The number of rotatable bonds is 5. The summed E-state index contributed by atoms with van der Waals surface area (Å²) in [5.41, 5.74) is 6.73. The van der Waals surface area contributed by atoms with Crippen LogP contribution in [-0.2, 0) is 6.42 Å². The molecule has 0 fully saturated rings. The van der Waals surface area contributed by atoms with Gasteiger partial charge in [-0.2, -0.15) is 0 Å². The van der Waals surface area contributed by atoms with E-state index in [1.54, 1.807) is 0 Å². The van der Waals surface area contributed by atoms with Crippen LogP contribution in [0.4, 0.5) is 0 Å². The quantitative estimate of drug-likeness (QED) is 0.712. The fourth-order valence-electron chi connectivity index (χ4n) is 1.25. The molecule has 0 spiro atoms. The Morgan fingerprint density at radius 1 is 1.31 bits per heavy atom. The van der Waals surface area contributed by atoms with E-state index >= 15 is 0 Å². The summed E-state index contributed by atoms with van der Waals surface area (Å²) in [7, 11) is 0. The molecule has 0 aliphatic rings. The van der Waals surface area contributed by atoms with Gasteiger partial charge < -0.3 is 11.1 Å². The van der Waals surface area contributed by atoms with Crippen molar-refractivity contribution in [3.05, 3.63) is 41.9 Å². The lowest BCUT2D eigenvalue weighted by atomic mass is 10.1. The second-order valence-electron chi connectivity index (χ2n) is 3.16. The molecule has 0 atom stereocenters. The molecule has 0 aliphatic carbocycles. The van der Waals surface area contributed by atoms with E-state index in [0.717, 1.165) is 13.0 Å². The maximum absolute atomic E-state index is 5.39. The largest absolute Gasteiger partial charge is 0.329 e. The first-order valence-corrected chi connectivity index (χ1v) is 4.63. The monoisotopic (exact) mass is 177 g/mol. The number of nitrogens with two attached hydrogens (primary N) is 1. The zero-order valence-electron chi connectivity index (χ0n) is 8.09. The van der Waals surface area contributed by atoms with Crippen molar-refractivity contribution in [1.29, 1.82) is 0 Å². The first-order valence-electron chi connectivity index (χ1n) is 4.63. The molecule has 71 valence electrons. The second-order valence-corrected chi connectivity index (χ2v) is 3.16. The Labute approximate surface area is 80.1 Å². The maximum Gasteiger partial charge on any atom is 0.0377 e. The van der Waals surface area contributed by atoms with Crippen molar-refractivity contribution < 1.29 is 0 Å². The van der Waals surface area contributed by atoms with E-state index in [9.17, 15) is 0 Å². The minimum atomic E-state index is 0.687. The zero-order chi connectivity index (χ0) is 9.52. The molecule has 0 saturated heterocycles. The van der Waals surface area contributed by atoms with Crippen molar-refractivity contribution in [2.45, 2.75) is 13.3 Å². The van der Waals surface area contributed by atoms with Crippen LogP contribution in [0.25, 0.3) is 0 Å². The molecule has 2 heteroatoms. The summed E-state index contributed by atoms with van der Waals surface area (Å²) in [5, 5.41) is 3.27. The Morgan fingerprint density at radius 3 is 2.62 bits per heavy atom. The molecular weight excluding hydrogens is 160 g/mol. The van der Waals surface area contributed by atoms with Gasteiger partial charge in [-0.15, -0.1) is 0 Å². The molecule has 1 aromatic carbocycles. The van der Waals surface area contributed by atoms with Crippen molar-refractivity contribution in [2.24, 2.45) is 5.73 Å². The topological polar surface area (TPSA) is 38.0 Å². The average Bonchev–Trinajstić information content (AvgIpc) is 2.16. The van der Waals surface area contributed by atoms with Crippen molar-refractivity contribution in [3.63, 3.8) is 0 Å². The fraction of sp³-hybridized carbons (Fsp3) is 0.364. The normalized spacial score (nSPS) is 10.7. The van der Waals surface area contributed by atoms with Gasteiger partial charge in [0.05, 0.1) is 0 Å². The molecule has 3 N–H and O–H groups in total. The molecule has 0 heterocycles. The summed E-state index contributed by atoms with van der Waals surface area (Å²) in [6, 6.07) is 11.7. The third kappa shape index (κ3) is 4.06. The molecule has 2 nitrogen and oxygen atoms in total. The Balaban J connectivity index is 2.32. The van der Waals surface area contributed by atoms with Gasteiger partial charge in [0.2, 0.25) is 0 Å². The molecule has 1 rings (SSSR count). The smallest absolute Gasteiger partial charge is 0.0377 e. The van der Waals surface area contributed by atoms with Crippen LogP contribution in [0.2, 0.25) is 0 Å². The predicted molar refractivity (Wildman–Crippen MR) is 56.1 cm³/mol. The Morgan fingerprint density at radius 2 is 2.00 bits per heavy atom. The molecule has 0 amide bonds. The van der Waals surface area contributed by atoms with Crippen LogP contribution in [0.5, 0.6) is 0 Å². The van der Waals surface area contributed by atoms with E-state index in [4.69, 9.17) is 5.73 Å². The highest BCUT2D eigenvalue weighted by atomic mass is 14.9. The van der Waals surface area contributed by atoms with Gasteiger partial charge in [-0.1, -0.05) is 30.3 Å². The van der Waals surface area contributed by atoms with Gasteiger partial charge in [0.15, 0.2) is 0 Å². The van der Waals surface area contributed by atoms with E-state index < -0.39 is 0 Å². The number of benzene rings is 1. The maximum atomic E-state index is 5.39. The van der Waals surface area contributed by atoms with E-state index in [1.165, 1.54) is 11.6 Å². The standard InChI is InChI=1S/C11H17N2/c1-10(13-8-7-12)9-11-5-3-2-4-6-11/h2-6,13H,7-9,12H2,1H3. The van der Waals surface area contributed by atoms with Gasteiger partial charge in [0.1, 0.15) is 0 Å². The number of nitrogens with one attached hydrogen (secondary N) is 1. The fourth-order valence-corrected chi connectivity index (χ4v) is 1.25. The predicted octanol–water partition coefficient (Wildman–Crippen LogP) is 1.33. The molecule has 1 aromatic rings. The van der Waals surface area contributed by atoms with Gasteiger partial charge in [-0.05, 0) is 18.9 Å². The minimum Gasteiger partial charge on any atom is -0.329 e. The third-order valence-electron chi connectivity index (χ3n) is 1.88. The zero-order valence-corrected chi connectivity index (χ0v) is 8.09.